The third-order valence-corrected chi connectivity index (χ3v) is 2.14. The van der Waals surface area contributed by atoms with Crippen LogP contribution in [0.5, 0.6) is 0 Å². The van der Waals surface area contributed by atoms with Crippen LogP contribution < -0.4 is 5.32 Å². The number of piperazine rings is 1. The van der Waals surface area contributed by atoms with Crippen LogP contribution in [0.3, 0.4) is 0 Å². The second-order valence-corrected chi connectivity index (χ2v) is 3.26. The van der Waals surface area contributed by atoms with E-state index in [2.05, 4.69) is 20.4 Å². The van der Waals surface area contributed by atoms with Gasteiger partial charge in [-0.3, -0.25) is 4.90 Å². The average Bonchev–Trinajstić information content (AvgIpc) is 2.53. The largest absolute Gasteiger partial charge is 0.338 e. The number of rotatable bonds is 2. The van der Waals surface area contributed by atoms with Crippen LogP contribution in [0.2, 0.25) is 0 Å². The Bertz CT molecular complexity index is 272. The van der Waals surface area contributed by atoms with Crippen LogP contribution in [0.25, 0.3) is 0 Å². The summed E-state index contributed by atoms with van der Waals surface area (Å²) < 4.78 is 5.04. The van der Waals surface area contributed by atoms with Crippen molar-refractivity contribution < 1.29 is 4.52 Å². The Balaban J connectivity index is 0.000000980. The van der Waals surface area contributed by atoms with Crippen molar-refractivity contribution >= 4 is 12.4 Å². The third kappa shape index (κ3) is 2.94. The number of halogens is 1. The van der Waals surface area contributed by atoms with Gasteiger partial charge in [0, 0.05) is 26.2 Å². The Kier molecular flexibility index (Phi) is 4.31. The molecular formula is C8H15ClN4O. The fraction of sp³-hybridized carbons (Fsp3) is 0.750. The van der Waals surface area contributed by atoms with Gasteiger partial charge in [-0.1, -0.05) is 5.16 Å². The van der Waals surface area contributed by atoms with E-state index in [-0.39, 0.29) is 12.4 Å². The highest BCUT2D eigenvalue weighted by molar-refractivity contribution is 5.85. The third-order valence-electron chi connectivity index (χ3n) is 2.14. The van der Waals surface area contributed by atoms with Gasteiger partial charge in [0.05, 0.1) is 6.54 Å². The van der Waals surface area contributed by atoms with Crippen LogP contribution in [0.4, 0.5) is 0 Å². The molecule has 0 aromatic carbocycles. The normalized spacial score (nSPS) is 17.8. The van der Waals surface area contributed by atoms with Gasteiger partial charge in [-0.15, -0.1) is 12.4 Å². The summed E-state index contributed by atoms with van der Waals surface area (Å²) in [5.41, 5.74) is 0. The van der Waals surface area contributed by atoms with Crippen molar-refractivity contribution in [1.82, 2.24) is 20.4 Å². The molecule has 6 heteroatoms. The van der Waals surface area contributed by atoms with E-state index in [0.717, 1.165) is 38.6 Å². The average molecular weight is 219 g/mol. The number of aromatic nitrogens is 2. The first-order valence-electron chi connectivity index (χ1n) is 4.57. The van der Waals surface area contributed by atoms with Crippen LogP contribution in [0.15, 0.2) is 4.52 Å². The molecule has 0 bridgehead atoms. The minimum absolute atomic E-state index is 0. The molecule has 0 saturated carbocycles. The Morgan fingerprint density at radius 1 is 1.43 bits per heavy atom. The molecule has 1 saturated heterocycles. The molecule has 0 aliphatic carbocycles. The maximum atomic E-state index is 5.04. The van der Waals surface area contributed by atoms with Gasteiger partial charge in [0.25, 0.3) is 0 Å². The summed E-state index contributed by atoms with van der Waals surface area (Å²) in [6.07, 6.45) is 0. The number of hydrogen-bond acceptors (Lipinski definition) is 5. The Morgan fingerprint density at radius 2 is 2.14 bits per heavy atom. The molecule has 1 aromatic rings. The lowest BCUT2D eigenvalue weighted by Crippen LogP contribution is -2.42. The molecule has 2 rings (SSSR count). The SMILES string of the molecule is Cc1noc(CN2CCNCC2)n1.Cl. The van der Waals surface area contributed by atoms with Crippen molar-refractivity contribution in [3.63, 3.8) is 0 Å². The quantitative estimate of drug-likeness (QED) is 0.769. The molecule has 2 heterocycles. The van der Waals surface area contributed by atoms with E-state index in [4.69, 9.17) is 4.52 Å². The topological polar surface area (TPSA) is 54.2 Å². The van der Waals surface area contributed by atoms with E-state index in [1.54, 1.807) is 0 Å². The van der Waals surface area contributed by atoms with Crippen molar-refractivity contribution in [2.75, 3.05) is 26.2 Å². The smallest absolute Gasteiger partial charge is 0.240 e. The van der Waals surface area contributed by atoms with Crippen LogP contribution in [0, 0.1) is 6.92 Å². The lowest BCUT2D eigenvalue weighted by molar-refractivity contribution is 0.203. The number of nitrogens with one attached hydrogen (secondary N) is 1. The fourth-order valence-corrected chi connectivity index (χ4v) is 1.46. The zero-order valence-corrected chi connectivity index (χ0v) is 9.01. The highest BCUT2D eigenvalue weighted by Gasteiger charge is 2.12. The zero-order valence-electron chi connectivity index (χ0n) is 8.19. The molecule has 1 aromatic heterocycles. The molecule has 1 fully saturated rings. The van der Waals surface area contributed by atoms with Crippen LogP contribution >= 0.6 is 12.4 Å². The molecule has 5 nitrogen and oxygen atoms in total. The highest BCUT2D eigenvalue weighted by Crippen LogP contribution is 2.02. The molecule has 1 aliphatic heterocycles. The van der Waals surface area contributed by atoms with Gasteiger partial charge in [-0.25, -0.2) is 0 Å². The molecule has 0 unspecified atom stereocenters. The molecule has 14 heavy (non-hydrogen) atoms. The second kappa shape index (κ2) is 5.29. The molecule has 0 atom stereocenters. The molecular weight excluding hydrogens is 204 g/mol. The summed E-state index contributed by atoms with van der Waals surface area (Å²) in [6.45, 7) is 6.83. The maximum Gasteiger partial charge on any atom is 0.240 e. The Labute approximate surface area is 89.3 Å². The molecule has 0 spiro atoms. The molecule has 1 aliphatic rings. The van der Waals surface area contributed by atoms with Crippen molar-refractivity contribution in [2.24, 2.45) is 0 Å². The molecule has 0 amide bonds. The van der Waals surface area contributed by atoms with E-state index in [9.17, 15) is 0 Å². The number of nitrogens with zero attached hydrogens (tertiary/aromatic N) is 3. The summed E-state index contributed by atoms with van der Waals surface area (Å²) in [4.78, 5) is 6.47. The first-order chi connectivity index (χ1) is 6.34. The van der Waals surface area contributed by atoms with Gasteiger partial charge in [0.2, 0.25) is 5.89 Å². The van der Waals surface area contributed by atoms with E-state index in [1.807, 2.05) is 6.92 Å². The van der Waals surface area contributed by atoms with Gasteiger partial charge in [-0.2, -0.15) is 4.98 Å². The summed E-state index contributed by atoms with van der Waals surface area (Å²) >= 11 is 0. The van der Waals surface area contributed by atoms with Crippen molar-refractivity contribution in [3.05, 3.63) is 11.7 Å². The number of hydrogen-bond donors (Lipinski definition) is 1. The van der Waals surface area contributed by atoms with Crippen LogP contribution in [0.1, 0.15) is 11.7 Å². The van der Waals surface area contributed by atoms with Gasteiger partial charge in [0.1, 0.15) is 0 Å². The minimum atomic E-state index is 0. The number of aryl methyl sites for hydroxylation is 1. The van der Waals surface area contributed by atoms with E-state index in [1.165, 1.54) is 0 Å². The van der Waals surface area contributed by atoms with Crippen molar-refractivity contribution in [3.8, 4) is 0 Å². The monoisotopic (exact) mass is 218 g/mol. The van der Waals surface area contributed by atoms with Crippen molar-refractivity contribution in [1.29, 1.82) is 0 Å². The first kappa shape index (κ1) is 11.4. The van der Waals surface area contributed by atoms with E-state index in [0.29, 0.717) is 5.82 Å². The summed E-state index contributed by atoms with van der Waals surface area (Å²) in [7, 11) is 0. The lowest BCUT2D eigenvalue weighted by Gasteiger charge is -2.25. The summed E-state index contributed by atoms with van der Waals surface area (Å²) in [6, 6.07) is 0. The predicted molar refractivity (Wildman–Crippen MR) is 54.4 cm³/mol. The molecule has 0 radical (unpaired) electrons. The Hall–Kier alpha value is -0.650. The maximum absolute atomic E-state index is 5.04. The Morgan fingerprint density at radius 3 is 2.71 bits per heavy atom. The molecule has 1 N–H and O–H groups in total. The van der Waals surface area contributed by atoms with Gasteiger partial charge in [-0.05, 0) is 6.92 Å². The first-order valence-corrected chi connectivity index (χ1v) is 4.57. The van der Waals surface area contributed by atoms with Gasteiger partial charge in [0.15, 0.2) is 5.82 Å². The standard InChI is InChI=1S/C8H14N4O.ClH/c1-7-10-8(13-11-7)6-12-4-2-9-3-5-12;/h9H,2-6H2,1H3;1H. The highest BCUT2D eigenvalue weighted by atomic mass is 35.5. The van der Waals surface area contributed by atoms with E-state index >= 15 is 0 Å². The van der Waals surface area contributed by atoms with Gasteiger partial charge < -0.3 is 9.84 Å². The van der Waals surface area contributed by atoms with Crippen molar-refractivity contribution in [2.45, 2.75) is 13.5 Å². The summed E-state index contributed by atoms with van der Waals surface area (Å²) in [5, 5.41) is 7.05. The molecule has 80 valence electrons. The zero-order chi connectivity index (χ0) is 9.10. The van der Waals surface area contributed by atoms with Gasteiger partial charge >= 0.3 is 0 Å². The fourth-order valence-electron chi connectivity index (χ4n) is 1.46. The lowest BCUT2D eigenvalue weighted by atomic mass is 10.3. The minimum Gasteiger partial charge on any atom is -0.338 e. The van der Waals surface area contributed by atoms with Crippen LogP contribution in [-0.4, -0.2) is 41.2 Å². The summed E-state index contributed by atoms with van der Waals surface area (Å²) in [5.74, 6) is 1.43. The van der Waals surface area contributed by atoms with E-state index < -0.39 is 0 Å². The van der Waals surface area contributed by atoms with Crippen LogP contribution in [-0.2, 0) is 6.54 Å². The second-order valence-electron chi connectivity index (χ2n) is 3.26. The predicted octanol–water partition coefficient (Wildman–Crippen LogP) is 0.205.